The van der Waals surface area contributed by atoms with Crippen molar-refractivity contribution in [1.29, 1.82) is 0 Å². The molecule has 1 aromatic heterocycles. The maximum atomic E-state index is 5.94. The molecule has 0 saturated carbocycles. The first-order valence-corrected chi connectivity index (χ1v) is 5.14. The molecule has 0 aliphatic carbocycles. The van der Waals surface area contributed by atoms with Gasteiger partial charge in [-0.1, -0.05) is 11.3 Å². The number of hydrogen-bond acceptors (Lipinski definition) is 6. The molecule has 4 N–H and O–H groups in total. The fraction of sp³-hybridized carbons (Fsp3) is 0.300. The summed E-state index contributed by atoms with van der Waals surface area (Å²) >= 11 is 0. The van der Waals surface area contributed by atoms with Crippen molar-refractivity contribution in [2.75, 3.05) is 18.2 Å². The number of nitrogens with two attached hydrogens (primary N) is 1. The summed E-state index contributed by atoms with van der Waals surface area (Å²) < 4.78 is 5.14. The van der Waals surface area contributed by atoms with Gasteiger partial charge in [0.2, 0.25) is 0 Å². The first-order valence-electron chi connectivity index (χ1n) is 5.14. The van der Waals surface area contributed by atoms with Crippen molar-refractivity contribution < 1.29 is 4.74 Å². The topological polar surface area (TPSA) is 102 Å². The van der Waals surface area contributed by atoms with Crippen LogP contribution in [0.25, 0.3) is 0 Å². The van der Waals surface area contributed by atoms with Crippen LogP contribution in [-0.4, -0.2) is 27.7 Å². The Labute approximate surface area is 98.4 Å². The summed E-state index contributed by atoms with van der Waals surface area (Å²) in [6, 6.07) is 5.44. The molecule has 1 aromatic carbocycles. The minimum absolute atomic E-state index is 0.0943. The maximum Gasteiger partial charge on any atom is 0.196 e. The number of anilines is 2. The highest BCUT2D eigenvalue weighted by atomic mass is 16.5. The van der Waals surface area contributed by atoms with Crippen molar-refractivity contribution in [3.8, 4) is 5.75 Å². The lowest BCUT2D eigenvalue weighted by Gasteiger charge is -2.15. The second kappa shape index (κ2) is 4.69. The highest BCUT2D eigenvalue weighted by Crippen LogP contribution is 2.30. The predicted molar refractivity (Wildman–Crippen MR) is 63.6 cm³/mol. The van der Waals surface area contributed by atoms with E-state index in [1.807, 2.05) is 19.1 Å². The summed E-state index contributed by atoms with van der Waals surface area (Å²) in [5, 5.41) is 16.9. The Bertz CT molecular complexity index is 484. The van der Waals surface area contributed by atoms with Crippen LogP contribution < -0.4 is 15.8 Å². The quantitative estimate of drug-likeness (QED) is 0.681. The lowest BCUT2D eigenvalue weighted by atomic mass is 10.2. The fourth-order valence-corrected chi connectivity index (χ4v) is 1.50. The summed E-state index contributed by atoms with van der Waals surface area (Å²) in [7, 11) is 1.58. The van der Waals surface area contributed by atoms with E-state index in [9.17, 15) is 0 Å². The average molecular weight is 234 g/mol. The number of H-pyrrole nitrogens is 1. The smallest absolute Gasteiger partial charge is 0.196 e. The van der Waals surface area contributed by atoms with E-state index in [-0.39, 0.29) is 6.04 Å². The van der Waals surface area contributed by atoms with Gasteiger partial charge in [0.15, 0.2) is 5.82 Å². The van der Waals surface area contributed by atoms with E-state index in [0.29, 0.717) is 17.3 Å². The molecule has 2 rings (SSSR count). The summed E-state index contributed by atoms with van der Waals surface area (Å²) in [4.78, 5) is 0. The summed E-state index contributed by atoms with van der Waals surface area (Å²) in [6.45, 7) is 1.92. The molecule has 0 aliphatic rings. The van der Waals surface area contributed by atoms with Crippen LogP contribution in [0.4, 0.5) is 11.4 Å². The molecule has 0 radical (unpaired) electrons. The second-order valence-electron chi connectivity index (χ2n) is 3.56. The zero-order valence-electron chi connectivity index (χ0n) is 9.64. The van der Waals surface area contributed by atoms with Gasteiger partial charge in [-0.05, 0) is 19.1 Å². The zero-order valence-corrected chi connectivity index (χ0v) is 9.64. The molecule has 0 spiro atoms. The van der Waals surface area contributed by atoms with Gasteiger partial charge in [-0.25, -0.2) is 0 Å². The van der Waals surface area contributed by atoms with Crippen molar-refractivity contribution in [2.24, 2.45) is 0 Å². The van der Waals surface area contributed by atoms with Crippen LogP contribution in [0.1, 0.15) is 18.8 Å². The molecule has 0 saturated heterocycles. The molecule has 17 heavy (non-hydrogen) atoms. The van der Waals surface area contributed by atoms with E-state index in [1.54, 1.807) is 13.2 Å². The molecule has 0 bridgehead atoms. The molecule has 0 fully saturated rings. The summed E-state index contributed by atoms with van der Waals surface area (Å²) in [5.74, 6) is 1.21. The minimum atomic E-state index is -0.0943. The van der Waals surface area contributed by atoms with E-state index < -0.39 is 0 Å². The third-order valence-corrected chi connectivity index (χ3v) is 2.41. The molecule has 1 atom stereocenters. The van der Waals surface area contributed by atoms with E-state index in [1.165, 1.54) is 0 Å². The fourth-order valence-electron chi connectivity index (χ4n) is 1.50. The van der Waals surface area contributed by atoms with E-state index >= 15 is 0 Å². The van der Waals surface area contributed by atoms with Crippen molar-refractivity contribution in [1.82, 2.24) is 20.6 Å². The lowest BCUT2D eigenvalue weighted by Crippen LogP contribution is -2.10. The number of aromatic nitrogens is 4. The average Bonchev–Trinajstić information content (AvgIpc) is 2.85. The number of benzene rings is 1. The Balaban J connectivity index is 2.19. The largest absolute Gasteiger partial charge is 0.495 e. The summed E-state index contributed by atoms with van der Waals surface area (Å²) in [6.07, 6.45) is 0. The minimum Gasteiger partial charge on any atom is -0.495 e. The van der Waals surface area contributed by atoms with Gasteiger partial charge in [0.1, 0.15) is 5.75 Å². The number of nitrogen functional groups attached to an aromatic ring is 1. The van der Waals surface area contributed by atoms with Crippen LogP contribution in [0.15, 0.2) is 18.2 Å². The SMILES string of the molecule is COc1cccc(NC(C)c2nn[nH]n2)c1N. The van der Waals surface area contributed by atoms with E-state index in [2.05, 4.69) is 25.9 Å². The monoisotopic (exact) mass is 234 g/mol. The molecule has 7 heteroatoms. The number of nitrogens with zero attached hydrogens (tertiary/aromatic N) is 3. The predicted octanol–water partition coefficient (Wildman–Crippen LogP) is 0.964. The molecule has 1 unspecified atom stereocenters. The zero-order chi connectivity index (χ0) is 12.3. The normalized spacial score (nSPS) is 12.1. The molecule has 2 aromatic rings. The number of tetrazole rings is 1. The third-order valence-electron chi connectivity index (χ3n) is 2.41. The van der Waals surface area contributed by atoms with E-state index in [4.69, 9.17) is 10.5 Å². The van der Waals surface area contributed by atoms with Gasteiger partial charge in [-0.2, -0.15) is 5.21 Å². The van der Waals surface area contributed by atoms with Gasteiger partial charge in [0.25, 0.3) is 0 Å². The Morgan fingerprint density at radius 1 is 1.47 bits per heavy atom. The van der Waals surface area contributed by atoms with Crippen molar-refractivity contribution in [3.63, 3.8) is 0 Å². The highest BCUT2D eigenvalue weighted by Gasteiger charge is 2.12. The van der Waals surface area contributed by atoms with Gasteiger partial charge in [0.05, 0.1) is 24.5 Å². The van der Waals surface area contributed by atoms with Crippen LogP contribution in [0.5, 0.6) is 5.75 Å². The lowest BCUT2D eigenvalue weighted by molar-refractivity contribution is 0.417. The number of para-hydroxylation sites is 1. The second-order valence-corrected chi connectivity index (χ2v) is 3.56. The first kappa shape index (κ1) is 11.2. The molecule has 0 amide bonds. The molecular formula is C10H14N6O. The van der Waals surface area contributed by atoms with Crippen LogP contribution in [0, 0.1) is 0 Å². The van der Waals surface area contributed by atoms with Crippen LogP contribution in [0.2, 0.25) is 0 Å². The Hall–Kier alpha value is -2.31. The van der Waals surface area contributed by atoms with Gasteiger partial charge >= 0.3 is 0 Å². The molecule has 7 nitrogen and oxygen atoms in total. The summed E-state index contributed by atoms with van der Waals surface area (Å²) in [5.41, 5.74) is 7.28. The van der Waals surface area contributed by atoms with Gasteiger partial charge < -0.3 is 15.8 Å². The molecule has 1 heterocycles. The number of ether oxygens (including phenoxy) is 1. The number of aromatic amines is 1. The number of nitrogens with one attached hydrogen (secondary N) is 2. The Kier molecular flexibility index (Phi) is 3.08. The number of hydrogen-bond donors (Lipinski definition) is 3. The standard InChI is InChI=1S/C10H14N6O/c1-6(10-13-15-16-14-10)12-7-4-3-5-8(17-2)9(7)11/h3-6,12H,11H2,1-2H3,(H,13,14,15,16). The van der Waals surface area contributed by atoms with Gasteiger partial charge in [0, 0.05) is 0 Å². The Morgan fingerprint density at radius 2 is 2.29 bits per heavy atom. The maximum absolute atomic E-state index is 5.94. The van der Waals surface area contributed by atoms with Crippen molar-refractivity contribution in [3.05, 3.63) is 24.0 Å². The molecule has 90 valence electrons. The molecular weight excluding hydrogens is 220 g/mol. The third kappa shape index (κ3) is 2.27. The van der Waals surface area contributed by atoms with Crippen LogP contribution >= 0.6 is 0 Å². The van der Waals surface area contributed by atoms with E-state index in [0.717, 1.165) is 5.69 Å². The Morgan fingerprint density at radius 3 is 2.94 bits per heavy atom. The molecule has 0 aliphatic heterocycles. The van der Waals surface area contributed by atoms with Crippen molar-refractivity contribution in [2.45, 2.75) is 13.0 Å². The number of rotatable bonds is 4. The number of methoxy groups -OCH3 is 1. The van der Waals surface area contributed by atoms with Crippen molar-refractivity contribution >= 4 is 11.4 Å². The van der Waals surface area contributed by atoms with Gasteiger partial charge in [-0.15, -0.1) is 10.2 Å². The van der Waals surface area contributed by atoms with Crippen LogP contribution in [0.3, 0.4) is 0 Å². The highest BCUT2D eigenvalue weighted by molar-refractivity contribution is 5.73. The van der Waals surface area contributed by atoms with Gasteiger partial charge in [-0.3, -0.25) is 0 Å². The van der Waals surface area contributed by atoms with Crippen LogP contribution in [-0.2, 0) is 0 Å². The first-order chi connectivity index (χ1) is 8.22.